The van der Waals surface area contributed by atoms with Crippen LogP contribution in [-0.2, 0) is 0 Å². The molecule has 24 heavy (non-hydrogen) atoms. The number of halogens is 4. The molecule has 3 rings (SSSR count). The highest BCUT2D eigenvalue weighted by atomic mass is 79.9. The fraction of sp³-hybridized carbons (Fsp3) is 0. The maximum absolute atomic E-state index is 12.2. The molecule has 122 valence electrons. The Balaban J connectivity index is 1.78. The number of carbonyl (C=O) groups is 1. The zero-order valence-electron chi connectivity index (χ0n) is 11.9. The van der Waals surface area contributed by atoms with Crippen molar-refractivity contribution >= 4 is 71.0 Å². The van der Waals surface area contributed by atoms with Gasteiger partial charge in [0.25, 0.3) is 5.91 Å². The monoisotopic (exact) mass is 531 g/mol. The minimum absolute atomic E-state index is 0.190. The maximum Gasteiger partial charge on any atom is 0.255 e. The van der Waals surface area contributed by atoms with Gasteiger partial charge in [0.05, 0.1) is 10.2 Å². The number of hydrogen-bond acceptors (Lipinski definition) is 2. The van der Waals surface area contributed by atoms with Gasteiger partial charge in [-0.05, 0) is 96.3 Å². The van der Waals surface area contributed by atoms with Gasteiger partial charge >= 0.3 is 0 Å². The zero-order valence-corrected chi connectivity index (χ0v) is 17.4. The number of amides is 1. The summed E-state index contributed by atoms with van der Waals surface area (Å²) in [5.74, 6) is -0.190. The summed E-state index contributed by atoms with van der Waals surface area (Å²) in [6, 6.07) is 14.1. The Morgan fingerprint density at radius 1 is 1.00 bits per heavy atom. The van der Waals surface area contributed by atoms with Gasteiger partial charge in [-0.15, -0.1) is 0 Å². The molecule has 0 saturated carbocycles. The van der Waals surface area contributed by atoms with Crippen LogP contribution in [0.5, 0.6) is 0 Å². The van der Waals surface area contributed by atoms with Gasteiger partial charge in [0, 0.05) is 16.3 Å². The first kappa shape index (κ1) is 17.7. The van der Waals surface area contributed by atoms with E-state index in [9.17, 15) is 4.79 Å². The van der Waals surface area contributed by atoms with Crippen LogP contribution in [0.4, 0.5) is 5.69 Å². The number of rotatable bonds is 3. The third kappa shape index (κ3) is 3.74. The number of hydrogen-bond donors (Lipinski definition) is 1. The highest BCUT2D eigenvalue weighted by Gasteiger charge is 2.13. The average molecular weight is 534 g/mol. The van der Waals surface area contributed by atoms with Crippen molar-refractivity contribution in [2.24, 2.45) is 0 Å². The largest absolute Gasteiger partial charge is 0.322 e. The fourth-order valence-corrected chi connectivity index (χ4v) is 3.47. The van der Waals surface area contributed by atoms with E-state index in [1.54, 1.807) is 28.9 Å². The molecular weight excluding hydrogens is 525 g/mol. The molecule has 0 atom stereocenters. The minimum Gasteiger partial charge on any atom is -0.322 e. The van der Waals surface area contributed by atoms with Gasteiger partial charge in [0.1, 0.15) is 9.21 Å². The molecule has 0 aliphatic heterocycles. The van der Waals surface area contributed by atoms with E-state index in [2.05, 4.69) is 58.2 Å². The summed E-state index contributed by atoms with van der Waals surface area (Å²) in [5.41, 5.74) is 2.10. The topological polar surface area (TPSA) is 46.9 Å². The van der Waals surface area contributed by atoms with E-state index < -0.39 is 0 Å². The summed E-state index contributed by atoms with van der Waals surface area (Å²) in [6.45, 7) is 0. The number of carbonyl (C=O) groups excluding carboxylic acids is 1. The van der Waals surface area contributed by atoms with Crippen LogP contribution in [0, 0.1) is 0 Å². The van der Waals surface area contributed by atoms with Crippen molar-refractivity contribution in [2.75, 3.05) is 5.32 Å². The molecule has 0 aliphatic rings. The number of nitrogens with one attached hydrogen (secondary N) is 1. The molecule has 2 aromatic carbocycles. The smallest absolute Gasteiger partial charge is 0.255 e. The predicted octanol–water partition coefficient (Wildman–Crippen LogP) is 6.07. The van der Waals surface area contributed by atoms with Crippen molar-refractivity contribution in [3.05, 3.63) is 72.8 Å². The predicted molar refractivity (Wildman–Crippen MR) is 106 cm³/mol. The Bertz CT molecular complexity index is 892. The molecule has 1 aromatic heterocycles. The summed E-state index contributed by atoms with van der Waals surface area (Å²) < 4.78 is 4.07. The molecular formula is C16H9Br3ClN3O. The SMILES string of the molecule is O=C(Nc1ccc(-n2nc(Br)c(Br)c2Br)cc1)c1ccc(Cl)cc1. The van der Waals surface area contributed by atoms with E-state index in [4.69, 9.17) is 11.6 Å². The Kier molecular flexibility index (Phi) is 5.44. The minimum atomic E-state index is -0.190. The summed E-state index contributed by atoms with van der Waals surface area (Å²) in [7, 11) is 0. The van der Waals surface area contributed by atoms with Gasteiger partial charge in [0.2, 0.25) is 0 Å². The number of benzene rings is 2. The molecule has 0 fully saturated rings. The second kappa shape index (κ2) is 7.39. The van der Waals surface area contributed by atoms with Gasteiger partial charge < -0.3 is 5.32 Å². The summed E-state index contributed by atoms with van der Waals surface area (Å²) >= 11 is 16.1. The third-order valence-electron chi connectivity index (χ3n) is 3.21. The standard InChI is InChI=1S/C16H9Br3ClN3O/c17-13-14(18)22-23(15(13)19)12-7-5-11(6-8-12)21-16(24)9-1-3-10(20)4-2-9/h1-8H,(H,21,24). The van der Waals surface area contributed by atoms with Gasteiger partial charge in [-0.25, -0.2) is 4.68 Å². The normalized spacial score (nSPS) is 10.7. The molecule has 1 heterocycles. The van der Waals surface area contributed by atoms with Crippen LogP contribution in [0.3, 0.4) is 0 Å². The third-order valence-corrected chi connectivity index (χ3v) is 6.57. The Morgan fingerprint density at radius 2 is 1.62 bits per heavy atom. The highest BCUT2D eigenvalue weighted by molar-refractivity contribution is 9.14. The molecule has 0 radical (unpaired) electrons. The molecule has 1 N–H and O–H groups in total. The molecule has 0 spiro atoms. The molecule has 4 nitrogen and oxygen atoms in total. The molecule has 0 unspecified atom stereocenters. The second-order valence-electron chi connectivity index (χ2n) is 4.82. The van der Waals surface area contributed by atoms with Crippen molar-refractivity contribution in [1.29, 1.82) is 0 Å². The van der Waals surface area contributed by atoms with E-state index in [1.807, 2.05) is 24.3 Å². The fourth-order valence-electron chi connectivity index (χ4n) is 2.02. The van der Waals surface area contributed by atoms with Crippen LogP contribution in [0.2, 0.25) is 5.02 Å². The first-order valence-electron chi connectivity index (χ1n) is 6.72. The second-order valence-corrected chi connectivity index (χ2v) is 7.55. The molecule has 8 heteroatoms. The summed E-state index contributed by atoms with van der Waals surface area (Å²) in [4.78, 5) is 12.2. The van der Waals surface area contributed by atoms with Gasteiger partial charge in [-0.2, -0.15) is 5.10 Å². The van der Waals surface area contributed by atoms with Crippen LogP contribution < -0.4 is 5.32 Å². The van der Waals surface area contributed by atoms with Crippen molar-refractivity contribution < 1.29 is 4.79 Å². The Labute approximate surface area is 168 Å². The highest BCUT2D eigenvalue weighted by Crippen LogP contribution is 2.32. The van der Waals surface area contributed by atoms with Crippen LogP contribution in [0.1, 0.15) is 10.4 Å². The van der Waals surface area contributed by atoms with Crippen LogP contribution in [0.15, 0.2) is 62.2 Å². The lowest BCUT2D eigenvalue weighted by Gasteiger charge is -2.07. The first-order valence-corrected chi connectivity index (χ1v) is 9.48. The van der Waals surface area contributed by atoms with Gasteiger partial charge in [-0.3, -0.25) is 4.79 Å². The van der Waals surface area contributed by atoms with Crippen LogP contribution in [0.25, 0.3) is 5.69 Å². The van der Waals surface area contributed by atoms with Crippen molar-refractivity contribution in [2.45, 2.75) is 0 Å². The van der Waals surface area contributed by atoms with Gasteiger partial charge in [-0.1, -0.05) is 11.6 Å². The lowest BCUT2D eigenvalue weighted by atomic mass is 10.2. The van der Waals surface area contributed by atoms with Crippen LogP contribution >= 0.6 is 59.4 Å². The molecule has 3 aromatic rings. The van der Waals surface area contributed by atoms with Crippen molar-refractivity contribution in [3.8, 4) is 5.69 Å². The molecule has 1 amide bonds. The van der Waals surface area contributed by atoms with Gasteiger partial charge in [0.15, 0.2) is 0 Å². The van der Waals surface area contributed by atoms with E-state index in [0.717, 1.165) is 14.8 Å². The number of nitrogens with zero attached hydrogens (tertiary/aromatic N) is 2. The van der Waals surface area contributed by atoms with Crippen LogP contribution in [-0.4, -0.2) is 15.7 Å². The lowest BCUT2D eigenvalue weighted by molar-refractivity contribution is 0.102. The molecule has 0 bridgehead atoms. The van der Waals surface area contributed by atoms with E-state index in [-0.39, 0.29) is 5.91 Å². The Hall–Kier alpha value is -1.15. The number of aromatic nitrogens is 2. The van der Waals surface area contributed by atoms with Crippen molar-refractivity contribution in [1.82, 2.24) is 9.78 Å². The lowest BCUT2D eigenvalue weighted by Crippen LogP contribution is -2.11. The summed E-state index contributed by atoms with van der Waals surface area (Å²) in [6.07, 6.45) is 0. The Morgan fingerprint density at radius 3 is 2.17 bits per heavy atom. The van der Waals surface area contributed by atoms with Crippen molar-refractivity contribution in [3.63, 3.8) is 0 Å². The number of anilines is 1. The summed E-state index contributed by atoms with van der Waals surface area (Å²) in [5, 5.41) is 7.81. The molecule has 0 saturated heterocycles. The zero-order chi connectivity index (χ0) is 17.3. The quantitative estimate of drug-likeness (QED) is 0.444. The maximum atomic E-state index is 12.2. The molecule has 0 aliphatic carbocycles. The van der Waals surface area contributed by atoms with E-state index in [0.29, 0.717) is 20.9 Å². The van der Waals surface area contributed by atoms with E-state index in [1.165, 1.54) is 0 Å². The average Bonchev–Trinajstić information content (AvgIpc) is 2.84. The first-order chi connectivity index (χ1) is 11.5. The van der Waals surface area contributed by atoms with E-state index >= 15 is 0 Å².